The second-order valence-corrected chi connectivity index (χ2v) is 5.89. The van der Waals surface area contributed by atoms with Crippen LogP contribution in [0, 0.1) is 0 Å². The molecule has 3 nitrogen and oxygen atoms in total. The second kappa shape index (κ2) is 5.85. The first kappa shape index (κ1) is 14.5. The van der Waals surface area contributed by atoms with Crippen LogP contribution in [0.3, 0.4) is 0 Å². The molecule has 1 unspecified atom stereocenters. The van der Waals surface area contributed by atoms with E-state index < -0.39 is 6.10 Å². The number of aliphatic hydroxyl groups is 1. The molecular formula is C13H20BrNO2. The lowest BCUT2D eigenvalue weighted by atomic mass is 10.1. The molecule has 1 aromatic rings. The van der Waals surface area contributed by atoms with Gasteiger partial charge in [0.05, 0.1) is 13.2 Å². The van der Waals surface area contributed by atoms with E-state index in [1.165, 1.54) is 0 Å². The Balaban J connectivity index is 2.77. The van der Waals surface area contributed by atoms with Gasteiger partial charge in [0, 0.05) is 16.6 Å². The van der Waals surface area contributed by atoms with Crippen LogP contribution in [0.25, 0.3) is 0 Å². The third-order valence-electron chi connectivity index (χ3n) is 2.39. The van der Waals surface area contributed by atoms with E-state index in [4.69, 9.17) is 4.74 Å². The average Bonchev–Trinajstić information content (AvgIpc) is 2.25. The van der Waals surface area contributed by atoms with Crippen LogP contribution in [0.5, 0.6) is 5.75 Å². The molecule has 0 bridgehead atoms. The van der Waals surface area contributed by atoms with Crippen molar-refractivity contribution in [2.75, 3.05) is 13.7 Å². The maximum absolute atomic E-state index is 10.1. The number of rotatable bonds is 4. The lowest BCUT2D eigenvalue weighted by Crippen LogP contribution is -2.38. The fourth-order valence-corrected chi connectivity index (χ4v) is 1.93. The van der Waals surface area contributed by atoms with Crippen molar-refractivity contribution in [3.8, 4) is 5.75 Å². The topological polar surface area (TPSA) is 41.5 Å². The van der Waals surface area contributed by atoms with Crippen molar-refractivity contribution < 1.29 is 9.84 Å². The van der Waals surface area contributed by atoms with Gasteiger partial charge in [-0.1, -0.05) is 15.9 Å². The molecule has 17 heavy (non-hydrogen) atoms. The van der Waals surface area contributed by atoms with E-state index in [0.29, 0.717) is 6.54 Å². The van der Waals surface area contributed by atoms with Gasteiger partial charge in [-0.25, -0.2) is 0 Å². The molecule has 0 saturated heterocycles. The number of hydrogen-bond donors (Lipinski definition) is 2. The van der Waals surface area contributed by atoms with Crippen molar-refractivity contribution in [1.29, 1.82) is 0 Å². The molecule has 0 fully saturated rings. The Kier molecular flexibility index (Phi) is 4.98. The van der Waals surface area contributed by atoms with Gasteiger partial charge in [0.1, 0.15) is 5.75 Å². The molecule has 0 heterocycles. The quantitative estimate of drug-likeness (QED) is 0.898. The molecule has 0 saturated carbocycles. The summed E-state index contributed by atoms with van der Waals surface area (Å²) in [6.07, 6.45) is -0.557. The zero-order valence-corrected chi connectivity index (χ0v) is 12.3. The normalized spacial score (nSPS) is 13.5. The molecule has 0 aromatic heterocycles. The van der Waals surface area contributed by atoms with Gasteiger partial charge in [-0.2, -0.15) is 0 Å². The fraction of sp³-hybridized carbons (Fsp3) is 0.538. The summed E-state index contributed by atoms with van der Waals surface area (Å²) in [7, 11) is 1.62. The SMILES string of the molecule is COc1ccc(Br)c(C(O)CNC(C)(C)C)c1. The van der Waals surface area contributed by atoms with E-state index >= 15 is 0 Å². The lowest BCUT2D eigenvalue weighted by molar-refractivity contribution is 0.162. The third kappa shape index (κ3) is 4.66. The van der Waals surface area contributed by atoms with Gasteiger partial charge in [0.2, 0.25) is 0 Å². The zero-order chi connectivity index (χ0) is 13.1. The largest absolute Gasteiger partial charge is 0.497 e. The Morgan fingerprint density at radius 3 is 2.59 bits per heavy atom. The molecule has 4 heteroatoms. The number of benzene rings is 1. The number of methoxy groups -OCH3 is 1. The monoisotopic (exact) mass is 301 g/mol. The summed E-state index contributed by atoms with van der Waals surface area (Å²) >= 11 is 3.44. The molecule has 0 aliphatic heterocycles. The summed E-state index contributed by atoms with van der Waals surface area (Å²) in [5, 5.41) is 13.4. The van der Waals surface area contributed by atoms with Gasteiger partial charge < -0.3 is 15.2 Å². The predicted molar refractivity (Wildman–Crippen MR) is 73.4 cm³/mol. The molecule has 1 aromatic carbocycles. The summed E-state index contributed by atoms with van der Waals surface area (Å²) in [5.41, 5.74) is 0.827. The van der Waals surface area contributed by atoms with Crippen LogP contribution in [0.2, 0.25) is 0 Å². The molecule has 1 atom stereocenters. The molecule has 1 rings (SSSR count). The summed E-state index contributed by atoms with van der Waals surface area (Å²) in [4.78, 5) is 0. The smallest absolute Gasteiger partial charge is 0.119 e. The van der Waals surface area contributed by atoms with E-state index in [9.17, 15) is 5.11 Å². The minimum absolute atomic E-state index is 0.00762. The Bertz CT molecular complexity index is 374. The molecule has 0 aliphatic rings. The summed E-state index contributed by atoms with van der Waals surface area (Å²) in [6, 6.07) is 5.59. The van der Waals surface area contributed by atoms with Gasteiger partial charge in [-0.15, -0.1) is 0 Å². The third-order valence-corrected chi connectivity index (χ3v) is 3.11. The highest BCUT2D eigenvalue weighted by Gasteiger charge is 2.16. The Labute approximate surface area is 111 Å². The molecule has 0 spiro atoms. The maximum Gasteiger partial charge on any atom is 0.119 e. The first-order chi connectivity index (χ1) is 7.83. The number of aliphatic hydroxyl groups excluding tert-OH is 1. The highest BCUT2D eigenvalue weighted by atomic mass is 79.9. The van der Waals surface area contributed by atoms with Crippen molar-refractivity contribution >= 4 is 15.9 Å². The van der Waals surface area contributed by atoms with Gasteiger partial charge >= 0.3 is 0 Å². The fourth-order valence-electron chi connectivity index (χ4n) is 1.42. The Hall–Kier alpha value is -0.580. The van der Waals surface area contributed by atoms with Crippen LogP contribution in [0.1, 0.15) is 32.4 Å². The summed E-state index contributed by atoms with van der Waals surface area (Å²) in [5.74, 6) is 0.748. The number of β-amino-alcohol motifs (C(OH)–C–C–N with tert-alkyl or cyclic N) is 1. The van der Waals surface area contributed by atoms with Gasteiger partial charge in [0.15, 0.2) is 0 Å². The van der Waals surface area contributed by atoms with Crippen molar-refractivity contribution in [2.24, 2.45) is 0 Å². The minimum Gasteiger partial charge on any atom is -0.497 e. The van der Waals surface area contributed by atoms with Crippen molar-refractivity contribution in [2.45, 2.75) is 32.4 Å². The van der Waals surface area contributed by atoms with Crippen LogP contribution in [-0.4, -0.2) is 24.3 Å². The molecule has 0 radical (unpaired) electrons. The zero-order valence-electron chi connectivity index (χ0n) is 10.7. The highest BCUT2D eigenvalue weighted by molar-refractivity contribution is 9.10. The van der Waals surface area contributed by atoms with Crippen molar-refractivity contribution in [3.05, 3.63) is 28.2 Å². The van der Waals surface area contributed by atoms with Crippen LogP contribution >= 0.6 is 15.9 Å². The van der Waals surface area contributed by atoms with E-state index in [2.05, 4.69) is 42.0 Å². The summed E-state index contributed by atoms with van der Waals surface area (Å²) in [6.45, 7) is 6.72. The number of nitrogens with one attached hydrogen (secondary N) is 1. The first-order valence-electron chi connectivity index (χ1n) is 5.60. The number of hydrogen-bond acceptors (Lipinski definition) is 3. The van der Waals surface area contributed by atoms with Crippen LogP contribution in [0.4, 0.5) is 0 Å². The van der Waals surface area contributed by atoms with E-state index in [-0.39, 0.29) is 5.54 Å². The van der Waals surface area contributed by atoms with Crippen LogP contribution in [-0.2, 0) is 0 Å². The Morgan fingerprint density at radius 2 is 2.06 bits per heavy atom. The molecule has 2 N–H and O–H groups in total. The van der Waals surface area contributed by atoms with E-state index in [0.717, 1.165) is 15.8 Å². The predicted octanol–water partition coefficient (Wildman–Crippen LogP) is 2.88. The second-order valence-electron chi connectivity index (χ2n) is 5.03. The average molecular weight is 302 g/mol. The molecule has 0 amide bonds. The van der Waals surface area contributed by atoms with Gasteiger partial charge in [-0.3, -0.25) is 0 Å². The number of ether oxygens (including phenoxy) is 1. The molecule has 96 valence electrons. The lowest BCUT2D eigenvalue weighted by Gasteiger charge is -2.23. The van der Waals surface area contributed by atoms with Crippen LogP contribution in [0.15, 0.2) is 22.7 Å². The standard InChI is InChI=1S/C13H20BrNO2/c1-13(2,3)15-8-12(16)10-7-9(17-4)5-6-11(10)14/h5-7,12,15-16H,8H2,1-4H3. The first-order valence-corrected chi connectivity index (χ1v) is 6.39. The Morgan fingerprint density at radius 1 is 1.41 bits per heavy atom. The molecule has 0 aliphatic carbocycles. The van der Waals surface area contributed by atoms with E-state index in [1.807, 2.05) is 18.2 Å². The van der Waals surface area contributed by atoms with Crippen molar-refractivity contribution in [1.82, 2.24) is 5.32 Å². The minimum atomic E-state index is -0.557. The van der Waals surface area contributed by atoms with Crippen LogP contribution < -0.4 is 10.1 Å². The van der Waals surface area contributed by atoms with Gasteiger partial charge in [-0.05, 0) is 44.5 Å². The highest BCUT2D eigenvalue weighted by Crippen LogP contribution is 2.27. The van der Waals surface area contributed by atoms with Crippen molar-refractivity contribution in [3.63, 3.8) is 0 Å². The van der Waals surface area contributed by atoms with E-state index in [1.54, 1.807) is 7.11 Å². The number of halogens is 1. The summed E-state index contributed by atoms with van der Waals surface area (Å²) < 4.78 is 6.04. The maximum atomic E-state index is 10.1. The molecular weight excluding hydrogens is 282 g/mol. The van der Waals surface area contributed by atoms with Gasteiger partial charge in [0.25, 0.3) is 0 Å².